The van der Waals surface area contributed by atoms with E-state index in [1.807, 2.05) is 0 Å². The fraction of sp³-hybridized carbons (Fsp3) is 0.809. The molecule has 0 aromatic carbocycles. The normalized spacial score (nSPS) is 13.0. The number of carboxylic acids is 1. The molecule has 308 valence electrons. The topological polar surface area (TPSA) is 89.9 Å². The van der Waals surface area contributed by atoms with Crippen molar-refractivity contribution in [3.8, 4) is 0 Å². The third-order valence-corrected chi connectivity index (χ3v) is 9.99. The van der Waals surface area contributed by atoms with Crippen LogP contribution in [-0.2, 0) is 23.9 Å². The van der Waals surface area contributed by atoms with Gasteiger partial charge in [0.1, 0.15) is 12.2 Å². The second-order valence-electron chi connectivity index (χ2n) is 15.2. The molecule has 0 saturated heterocycles. The zero-order chi connectivity index (χ0) is 38.9. The lowest BCUT2D eigenvalue weighted by Crippen LogP contribution is -2.17. The lowest BCUT2D eigenvalue weighted by atomic mass is 10.0. The zero-order valence-electron chi connectivity index (χ0n) is 34.9. The number of ether oxygens (including phenoxy) is 2. The van der Waals surface area contributed by atoms with Gasteiger partial charge in [-0.25, -0.2) is 0 Å². The number of hydrogen-bond acceptors (Lipinski definition) is 5. The SMILES string of the molecule is C/C=C\CCCCCCCC(=O)OC(C/C=C\CCCCCCCC(=O)OC(C/C=C\CCCCCCCC(=O)O)CCCCCC)CCCCCC. The van der Waals surface area contributed by atoms with Gasteiger partial charge in [0, 0.05) is 32.1 Å². The summed E-state index contributed by atoms with van der Waals surface area (Å²) in [6, 6.07) is 0. The number of hydrogen-bond donors (Lipinski definition) is 1. The summed E-state index contributed by atoms with van der Waals surface area (Å²) in [5, 5.41) is 8.73. The summed E-state index contributed by atoms with van der Waals surface area (Å²) in [5.74, 6) is -0.781. The molecule has 0 fully saturated rings. The van der Waals surface area contributed by atoms with Crippen LogP contribution in [0.15, 0.2) is 36.5 Å². The molecule has 0 heterocycles. The molecule has 0 amide bonds. The number of carbonyl (C=O) groups is 3. The Hall–Kier alpha value is -2.37. The molecule has 0 saturated carbocycles. The first-order chi connectivity index (χ1) is 25.9. The monoisotopic (exact) mass is 745 g/mol. The molecule has 6 heteroatoms. The van der Waals surface area contributed by atoms with E-state index in [0.29, 0.717) is 12.8 Å². The predicted molar refractivity (Wildman–Crippen MR) is 224 cm³/mol. The Balaban J connectivity index is 4.26. The summed E-state index contributed by atoms with van der Waals surface area (Å²) in [6.45, 7) is 6.51. The first-order valence-corrected chi connectivity index (χ1v) is 22.4. The van der Waals surface area contributed by atoms with Gasteiger partial charge in [-0.2, -0.15) is 0 Å². The average molecular weight is 745 g/mol. The number of carbonyl (C=O) groups excluding carboxylic acids is 2. The zero-order valence-corrected chi connectivity index (χ0v) is 34.9. The Morgan fingerprint density at radius 3 is 1.21 bits per heavy atom. The molecule has 6 nitrogen and oxygen atoms in total. The van der Waals surface area contributed by atoms with E-state index >= 15 is 0 Å². The number of unbranched alkanes of at least 4 members (excludes halogenated alkanes) is 21. The van der Waals surface area contributed by atoms with E-state index in [4.69, 9.17) is 14.6 Å². The predicted octanol–water partition coefficient (Wildman–Crippen LogP) is 14.5. The van der Waals surface area contributed by atoms with Gasteiger partial charge >= 0.3 is 17.9 Å². The molecule has 0 aromatic rings. The molecular weight excluding hydrogens is 661 g/mol. The van der Waals surface area contributed by atoms with Gasteiger partial charge in [-0.1, -0.05) is 147 Å². The molecule has 0 aliphatic heterocycles. The van der Waals surface area contributed by atoms with Crippen molar-refractivity contribution in [3.63, 3.8) is 0 Å². The van der Waals surface area contributed by atoms with E-state index in [0.717, 1.165) is 135 Å². The van der Waals surface area contributed by atoms with E-state index in [1.54, 1.807) is 0 Å². The number of allylic oxidation sites excluding steroid dienone is 4. The van der Waals surface area contributed by atoms with Crippen LogP contribution in [0, 0.1) is 0 Å². The number of rotatable bonds is 40. The van der Waals surface area contributed by atoms with Crippen LogP contribution >= 0.6 is 0 Å². The summed E-state index contributed by atoms with van der Waals surface area (Å²) >= 11 is 0. The van der Waals surface area contributed by atoms with Crippen LogP contribution in [0.5, 0.6) is 0 Å². The van der Waals surface area contributed by atoms with Crippen LogP contribution in [0.1, 0.15) is 233 Å². The van der Waals surface area contributed by atoms with E-state index in [1.165, 1.54) is 57.8 Å². The Morgan fingerprint density at radius 1 is 0.453 bits per heavy atom. The van der Waals surface area contributed by atoms with Crippen molar-refractivity contribution >= 4 is 17.9 Å². The summed E-state index contributed by atoms with van der Waals surface area (Å²) in [4.78, 5) is 35.8. The highest BCUT2D eigenvalue weighted by atomic mass is 16.5. The maximum absolute atomic E-state index is 12.7. The van der Waals surface area contributed by atoms with Crippen LogP contribution in [0.2, 0.25) is 0 Å². The Kier molecular flexibility index (Phi) is 39.0. The van der Waals surface area contributed by atoms with Crippen molar-refractivity contribution in [2.75, 3.05) is 0 Å². The molecule has 2 atom stereocenters. The van der Waals surface area contributed by atoms with Gasteiger partial charge in [-0.05, 0) is 90.4 Å². The van der Waals surface area contributed by atoms with Crippen LogP contribution < -0.4 is 0 Å². The highest BCUT2D eigenvalue weighted by Gasteiger charge is 2.14. The van der Waals surface area contributed by atoms with Gasteiger partial charge in [-0.15, -0.1) is 0 Å². The number of aliphatic carboxylic acids is 1. The Morgan fingerprint density at radius 2 is 0.811 bits per heavy atom. The molecule has 0 aliphatic rings. The number of carboxylic acid groups (broad SMARTS) is 1. The van der Waals surface area contributed by atoms with Crippen molar-refractivity contribution in [1.29, 1.82) is 0 Å². The van der Waals surface area contributed by atoms with E-state index in [9.17, 15) is 14.4 Å². The van der Waals surface area contributed by atoms with Crippen molar-refractivity contribution in [2.24, 2.45) is 0 Å². The Labute approximate surface area is 327 Å². The second kappa shape index (κ2) is 40.8. The molecule has 53 heavy (non-hydrogen) atoms. The van der Waals surface area contributed by atoms with E-state index in [2.05, 4.69) is 57.2 Å². The Bertz CT molecular complexity index is 922. The maximum atomic E-state index is 12.7. The van der Waals surface area contributed by atoms with Crippen LogP contribution in [0.25, 0.3) is 0 Å². The van der Waals surface area contributed by atoms with Crippen LogP contribution in [0.4, 0.5) is 0 Å². The molecule has 0 radical (unpaired) electrons. The van der Waals surface area contributed by atoms with Gasteiger partial charge in [0.05, 0.1) is 0 Å². The molecule has 0 rings (SSSR count). The third kappa shape index (κ3) is 39.1. The van der Waals surface area contributed by atoms with Crippen molar-refractivity contribution in [1.82, 2.24) is 0 Å². The van der Waals surface area contributed by atoms with Gasteiger partial charge in [0.25, 0.3) is 0 Å². The summed E-state index contributed by atoms with van der Waals surface area (Å²) in [5.41, 5.74) is 0. The molecular formula is C47H84O6. The molecule has 0 bridgehead atoms. The number of esters is 2. The van der Waals surface area contributed by atoms with Crippen molar-refractivity contribution in [2.45, 2.75) is 245 Å². The quantitative estimate of drug-likeness (QED) is 0.0382. The minimum Gasteiger partial charge on any atom is -0.481 e. The molecule has 1 N–H and O–H groups in total. The van der Waals surface area contributed by atoms with Gasteiger partial charge in [0.15, 0.2) is 0 Å². The van der Waals surface area contributed by atoms with Gasteiger partial charge < -0.3 is 14.6 Å². The van der Waals surface area contributed by atoms with Crippen LogP contribution in [-0.4, -0.2) is 35.2 Å². The first-order valence-electron chi connectivity index (χ1n) is 22.4. The minimum atomic E-state index is -0.703. The highest BCUT2D eigenvalue weighted by Crippen LogP contribution is 2.18. The fourth-order valence-corrected chi connectivity index (χ4v) is 6.63. The fourth-order valence-electron chi connectivity index (χ4n) is 6.63. The molecule has 0 spiro atoms. The van der Waals surface area contributed by atoms with Crippen molar-refractivity contribution in [3.05, 3.63) is 36.5 Å². The lowest BCUT2D eigenvalue weighted by molar-refractivity contribution is -0.150. The van der Waals surface area contributed by atoms with E-state index < -0.39 is 5.97 Å². The molecule has 2 unspecified atom stereocenters. The van der Waals surface area contributed by atoms with Gasteiger partial charge in [-0.3, -0.25) is 14.4 Å². The lowest BCUT2D eigenvalue weighted by Gasteiger charge is -2.17. The smallest absolute Gasteiger partial charge is 0.306 e. The molecule has 0 aliphatic carbocycles. The highest BCUT2D eigenvalue weighted by molar-refractivity contribution is 5.69. The average Bonchev–Trinajstić information content (AvgIpc) is 3.14. The van der Waals surface area contributed by atoms with E-state index in [-0.39, 0.29) is 30.6 Å². The standard InChI is InChI=1S/C47H84O6/c1-4-7-10-13-14-22-27-34-41-46(50)52-44(37-30-12-9-6-3)39-32-25-20-16-18-23-28-35-42-47(51)53-43(36-29-11-8-5-2)38-31-24-19-15-17-21-26-33-40-45(48)49/h4,7,24-25,31-32,43-44H,5-6,8-23,26-30,33-42H2,1-3H3,(H,48,49)/b7-4-,31-24-,32-25-. The van der Waals surface area contributed by atoms with Gasteiger partial charge in [0.2, 0.25) is 0 Å². The summed E-state index contributed by atoms with van der Waals surface area (Å²) < 4.78 is 11.9. The summed E-state index contributed by atoms with van der Waals surface area (Å²) in [7, 11) is 0. The second-order valence-corrected chi connectivity index (χ2v) is 15.2. The summed E-state index contributed by atoms with van der Waals surface area (Å²) in [6.07, 6.45) is 47.0. The first kappa shape index (κ1) is 50.6. The van der Waals surface area contributed by atoms with Crippen molar-refractivity contribution < 1.29 is 29.0 Å². The largest absolute Gasteiger partial charge is 0.481 e. The third-order valence-electron chi connectivity index (χ3n) is 9.99. The minimum absolute atomic E-state index is 0.00215. The van der Waals surface area contributed by atoms with Crippen LogP contribution in [0.3, 0.4) is 0 Å². The maximum Gasteiger partial charge on any atom is 0.306 e. The molecule has 0 aromatic heterocycles.